The fourth-order valence-corrected chi connectivity index (χ4v) is 3.82. The minimum Gasteiger partial charge on any atom is -0.496 e. The highest BCUT2D eigenvalue weighted by Gasteiger charge is 2.33. The number of nitrogens with one attached hydrogen (secondary N) is 1. The molecule has 182 valence electrons. The standard InChI is InChI=1S/C28H25FN4O3/c1-19-7-9-20(10-8-19)26(27(34)32-23-13-11-22(29)12-14-23)33(28(35)24-17-30-15-16-31-24)18-21-5-3-4-6-25(21)36-2/h3-17,26H,18H2,1-2H3,(H,32,34)/t26-/m0/s1. The maximum absolute atomic E-state index is 13.8. The van der Waals surface area contributed by atoms with Gasteiger partial charge in [-0.3, -0.25) is 14.6 Å². The molecule has 0 aliphatic heterocycles. The maximum atomic E-state index is 13.8. The van der Waals surface area contributed by atoms with Crippen molar-refractivity contribution in [1.82, 2.24) is 14.9 Å². The molecule has 1 aromatic heterocycles. The van der Waals surface area contributed by atoms with Crippen molar-refractivity contribution in [3.8, 4) is 5.75 Å². The van der Waals surface area contributed by atoms with Gasteiger partial charge < -0.3 is 15.0 Å². The van der Waals surface area contributed by atoms with Gasteiger partial charge in [-0.05, 0) is 42.8 Å². The van der Waals surface area contributed by atoms with Crippen molar-refractivity contribution < 1.29 is 18.7 Å². The van der Waals surface area contributed by atoms with Gasteiger partial charge in [-0.1, -0.05) is 48.0 Å². The quantitative estimate of drug-likeness (QED) is 0.382. The lowest BCUT2D eigenvalue weighted by Gasteiger charge is -2.31. The summed E-state index contributed by atoms with van der Waals surface area (Å²) in [6.45, 7) is 2.00. The topological polar surface area (TPSA) is 84.4 Å². The van der Waals surface area contributed by atoms with Gasteiger partial charge in [0.25, 0.3) is 11.8 Å². The number of anilines is 1. The Morgan fingerprint density at radius 1 is 1.00 bits per heavy atom. The lowest BCUT2D eigenvalue weighted by atomic mass is 10.0. The smallest absolute Gasteiger partial charge is 0.275 e. The number of hydrogen-bond acceptors (Lipinski definition) is 5. The van der Waals surface area contributed by atoms with Crippen molar-refractivity contribution >= 4 is 17.5 Å². The number of para-hydroxylation sites is 1. The van der Waals surface area contributed by atoms with Gasteiger partial charge in [0.2, 0.25) is 0 Å². The van der Waals surface area contributed by atoms with Crippen molar-refractivity contribution in [1.29, 1.82) is 0 Å². The maximum Gasteiger partial charge on any atom is 0.275 e. The minimum absolute atomic E-state index is 0.0643. The molecule has 0 aliphatic carbocycles. The minimum atomic E-state index is -1.03. The Kier molecular flexibility index (Phi) is 7.65. The van der Waals surface area contributed by atoms with Crippen LogP contribution in [0.3, 0.4) is 0 Å². The van der Waals surface area contributed by atoms with Crippen LogP contribution in [0.4, 0.5) is 10.1 Å². The molecule has 4 rings (SSSR count). The van der Waals surface area contributed by atoms with E-state index in [2.05, 4.69) is 15.3 Å². The average molecular weight is 485 g/mol. The number of nitrogens with zero attached hydrogens (tertiary/aromatic N) is 3. The van der Waals surface area contributed by atoms with Gasteiger partial charge in [-0.2, -0.15) is 0 Å². The van der Waals surface area contributed by atoms with Crippen LogP contribution in [0.1, 0.15) is 33.2 Å². The van der Waals surface area contributed by atoms with E-state index in [0.29, 0.717) is 22.6 Å². The molecule has 1 N–H and O–H groups in total. The van der Waals surface area contributed by atoms with Crippen LogP contribution in [0.5, 0.6) is 5.75 Å². The first kappa shape index (κ1) is 24.5. The van der Waals surface area contributed by atoms with Crippen LogP contribution in [-0.2, 0) is 11.3 Å². The van der Waals surface area contributed by atoms with Crippen molar-refractivity contribution in [2.75, 3.05) is 12.4 Å². The number of aromatic nitrogens is 2. The second-order valence-electron chi connectivity index (χ2n) is 8.14. The summed E-state index contributed by atoms with van der Waals surface area (Å²) in [5.41, 5.74) is 2.83. The van der Waals surface area contributed by atoms with E-state index in [1.54, 1.807) is 13.2 Å². The molecule has 0 fully saturated rings. The summed E-state index contributed by atoms with van der Waals surface area (Å²) >= 11 is 0. The zero-order valence-corrected chi connectivity index (χ0v) is 19.9. The van der Waals surface area contributed by atoms with E-state index >= 15 is 0 Å². The van der Waals surface area contributed by atoms with Crippen molar-refractivity contribution in [2.45, 2.75) is 19.5 Å². The van der Waals surface area contributed by atoms with Gasteiger partial charge >= 0.3 is 0 Å². The third-order valence-electron chi connectivity index (χ3n) is 5.64. The zero-order chi connectivity index (χ0) is 25.5. The van der Waals surface area contributed by atoms with Crippen LogP contribution in [0.2, 0.25) is 0 Å². The number of aryl methyl sites for hydroxylation is 1. The Morgan fingerprint density at radius 3 is 2.39 bits per heavy atom. The molecule has 8 heteroatoms. The van der Waals surface area contributed by atoms with Crippen LogP contribution in [0, 0.1) is 12.7 Å². The zero-order valence-electron chi connectivity index (χ0n) is 19.9. The lowest BCUT2D eigenvalue weighted by molar-refractivity contribution is -0.121. The first-order valence-corrected chi connectivity index (χ1v) is 11.3. The highest BCUT2D eigenvalue weighted by molar-refractivity contribution is 6.00. The number of amides is 2. The number of halogens is 1. The molecule has 0 aliphatic rings. The normalized spacial score (nSPS) is 11.4. The summed E-state index contributed by atoms with van der Waals surface area (Å²) in [6.07, 6.45) is 4.26. The number of carbonyl (C=O) groups excluding carboxylic acids is 2. The van der Waals surface area contributed by atoms with Gasteiger partial charge in [-0.15, -0.1) is 0 Å². The van der Waals surface area contributed by atoms with E-state index in [9.17, 15) is 14.0 Å². The monoisotopic (exact) mass is 484 g/mol. The third kappa shape index (κ3) is 5.72. The molecule has 1 heterocycles. The largest absolute Gasteiger partial charge is 0.496 e. The molecule has 0 unspecified atom stereocenters. The van der Waals surface area contributed by atoms with Crippen LogP contribution >= 0.6 is 0 Å². The molecule has 3 aromatic carbocycles. The second-order valence-corrected chi connectivity index (χ2v) is 8.14. The summed E-state index contributed by atoms with van der Waals surface area (Å²) in [6, 6.07) is 19.1. The molecule has 0 bridgehead atoms. The Hall–Kier alpha value is -4.59. The first-order chi connectivity index (χ1) is 17.5. The summed E-state index contributed by atoms with van der Waals surface area (Å²) < 4.78 is 18.9. The second kappa shape index (κ2) is 11.2. The van der Waals surface area contributed by atoms with E-state index < -0.39 is 23.7 Å². The van der Waals surface area contributed by atoms with Crippen LogP contribution in [0.25, 0.3) is 0 Å². The molecule has 0 saturated carbocycles. The summed E-state index contributed by atoms with van der Waals surface area (Å²) in [5.74, 6) is -0.777. The lowest BCUT2D eigenvalue weighted by Crippen LogP contribution is -2.41. The summed E-state index contributed by atoms with van der Waals surface area (Å²) in [5, 5.41) is 2.82. The molecule has 0 spiro atoms. The first-order valence-electron chi connectivity index (χ1n) is 11.3. The predicted octanol–water partition coefficient (Wildman–Crippen LogP) is 4.96. The Morgan fingerprint density at radius 2 is 1.72 bits per heavy atom. The van der Waals surface area contributed by atoms with Gasteiger partial charge in [0.05, 0.1) is 19.9 Å². The summed E-state index contributed by atoms with van der Waals surface area (Å²) in [4.78, 5) is 37.2. The Bertz CT molecular complexity index is 1330. The highest BCUT2D eigenvalue weighted by atomic mass is 19.1. The van der Waals surface area contributed by atoms with Crippen LogP contribution in [0.15, 0.2) is 91.4 Å². The van der Waals surface area contributed by atoms with E-state index in [1.165, 1.54) is 47.8 Å². The third-order valence-corrected chi connectivity index (χ3v) is 5.64. The van der Waals surface area contributed by atoms with E-state index in [1.807, 2.05) is 49.4 Å². The van der Waals surface area contributed by atoms with Gasteiger partial charge in [-0.25, -0.2) is 9.37 Å². The van der Waals surface area contributed by atoms with Crippen LogP contribution < -0.4 is 10.1 Å². The van der Waals surface area contributed by atoms with E-state index in [0.717, 1.165) is 5.56 Å². The number of hydrogen-bond donors (Lipinski definition) is 1. The Labute approximate surface area is 208 Å². The van der Waals surface area contributed by atoms with Crippen molar-refractivity contribution in [2.24, 2.45) is 0 Å². The molecular weight excluding hydrogens is 459 g/mol. The number of rotatable bonds is 8. The molecule has 0 radical (unpaired) electrons. The predicted molar refractivity (Wildman–Crippen MR) is 134 cm³/mol. The summed E-state index contributed by atoms with van der Waals surface area (Å²) in [7, 11) is 1.55. The number of ether oxygens (including phenoxy) is 1. The SMILES string of the molecule is COc1ccccc1CN(C(=O)c1cnccn1)[C@H](C(=O)Nc1ccc(F)cc1)c1ccc(C)cc1. The van der Waals surface area contributed by atoms with E-state index in [4.69, 9.17) is 4.74 Å². The molecule has 0 saturated heterocycles. The van der Waals surface area contributed by atoms with Crippen LogP contribution in [-0.4, -0.2) is 33.8 Å². The van der Waals surface area contributed by atoms with Crippen molar-refractivity contribution in [3.63, 3.8) is 0 Å². The van der Waals surface area contributed by atoms with E-state index in [-0.39, 0.29) is 12.2 Å². The molecule has 4 aromatic rings. The molecule has 7 nitrogen and oxygen atoms in total. The van der Waals surface area contributed by atoms with Gasteiger partial charge in [0.1, 0.15) is 23.3 Å². The number of carbonyl (C=O) groups is 2. The highest BCUT2D eigenvalue weighted by Crippen LogP contribution is 2.29. The fourth-order valence-electron chi connectivity index (χ4n) is 3.82. The molecular formula is C28H25FN4O3. The molecule has 36 heavy (non-hydrogen) atoms. The van der Waals surface area contributed by atoms with Crippen molar-refractivity contribution in [3.05, 3.63) is 120 Å². The molecule has 1 atom stereocenters. The Balaban J connectivity index is 1.80. The number of methoxy groups -OCH3 is 1. The van der Waals surface area contributed by atoms with Gasteiger partial charge in [0, 0.05) is 23.6 Å². The molecule has 2 amide bonds. The average Bonchev–Trinajstić information content (AvgIpc) is 2.91. The number of benzene rings is 3. The van der Waals surface area contributed by atoms with Gasteiger partial charge in [0.15, 0.2) is 0 Å². The fraction of sp³-hybridized carbons (Fsp3) is 0.143.